The molecule has 5 heteroatoms. The van der Waals surface area contributed by atoms with Gasteiger partial charge in [-0.1, -0.05) is 30.9 Å². The number of likely N-dealkylation sites (tertiary alicyclic amines) is 2. The molecule has 154 valence electrons. The number of nitrogens with zero attached hydrogens (tertiary/aromatic N) is 2. The van der Waals surface area contributed by atoms with Gasteiger partial charge in [-0.15, -0.1) is 0 Å². The van der Waals surface area contributed by atoms with Crippen molar-refractivity contribution >= 4 is 17.5 Å². The predicted molar refractivity (Wildman–Crippen MR) is 113 cm³/mol. The Labute approximate surface area is 174 Å². The number of rotatable bonds is 4. The second kappa shape index (κ2) is 9.49. The molecule has 1 aliphatic carbocycles. The number of hydrogen-bond acceptors (Lipinski definition) is 3. The summed E-state index contributed by atoms with van der Waals surface area (Å²) in [5.41, 5.74) is 0.668. The van der Waals surface area contributed by atoms with Crippen molar-refractivity contribution in [1.29, 1.82) is 0 Å². The van der Waals surface area contributed by atoms with Crippen LogP contribution in [0.4, 0.5) is 0 Å². The molecule has 2 heterocycles. The monoisotopic (exact) mass is 404 g/mol. The maximum atomic E-state index is 13.0. The van der Waals surface area contributed by atoms with Crippen molar-refractivity contribution in [3.8, 4) is 5.75 Å². The number of carbonyl (C=O) groups is 1. The van der Waals surface area contributed by atoms with Gasteiger partial charge in [0.05, 0.1) is 5.56 Å². The normalized spacial score (nSPS) is 23.0. The van der Waals surface area contributed by atoms with Crippen molar-refractivity contribution in [3.05, 3.63) is 28.8 Å². The fourth-order valence-electron chi connectivity index (χ4n) is 5.02. The largest absolute Gasteiger partial charge is 0.489 e. The molecule has 3 aliphatic rings. The fourth-order valence-corrected chi connectivity index (χ4v) is 5.18. The Kier molecular flexibility index (Phi) is 6.79. The Bertz CT molecular complexity index is 661. The van der Waals surface area contributed by atoms with Gasteiger partial charge in [0.25, 0.3) is 5.91 Å². The second-order valence-corrected chi connectivity index (χ2v) is 9.07. The summed E-state index contributed by atoms with van der Waals surface area (Å²) in [5.74, 6) is 0.755. The third-order valence-electron chi connectivity index (χ3n) is 6.68. The molecule has 0 aromatic heterocycles. The van der Waals surface area contributed by atoms with E-state index in [1.165, 1.54) is 38.5 Å². The molecular formula is C23H33ClN2O2. The molecule has 28 heavy (non-hydrogen) atoms. The lowest BCUT2D eigenvalue weighted by molar-refractivity contribution is 0.0601. The molecule has 0 radical (unpaired) electrons. The predicted octanol–water partition coefficient (Wildman–Crippen LogP) is 5.14. The van der Waals surface area contributed by atoms with Crippen LogP contribution in [0.25, 0.3) is 0 Å². The third kappa shape index (κ3) is 4.83. The van der Waals surface area contributed by atoms with Gasteiger partial charge in [-0.2, -0.15) is 0 Å². The minimum atomic E-state index is 0.0889. The lowest BCUT2D eigenvalue weighted by atomic mass is 9.92. The molecule has 1 amide bonds. The molecule has 0 bridgehead atoms. The summed E-state index contributed by atoms with van der Waals surface area (Å²) in [5, 5.41) is 0.629. The molecule has 0 N–H and O–H groups in total. The van der Waals surface area contributed by atoms with Crippen LogP contribution in [0.3, 0.4) is 0 Å². The van der Waals surface area contributed by atoms with Gasteiger partial charge in [0.1, 0.15) is 11.9 Å². The molecule has 1 aromatic carbocycles. The first-order valence-electron chi connectivity index (χ1n) is 11.2. The Morgan fingerprint density at radius 1 is 0.893 bits per heavy atom. The van der Waals surface area contributed by atoms with Gasteiger partial charge in [0.2, 0.25) is 0 Å². The van der Waals surface area contributed by atoms with E-state index in [1.54, 1.807) is 6.07 Å². The fraction of sp³-hybridized carbons (Fsp3) is 0.696. The lowest BCUT2D eigenvalue weighted by Gasteiger charge is -2.39. The van der Waals surface area contributed by atoms with E-state index in [2.05, 4.69) is 4.90 Å². The highest BCUT2D eigenvalue weighted by atomic mass is 35.5. The number of piperidine rings is 2. The smallest absolute Gasteiger partial charge is 0.257 e. The van der Waals surface area contributed by atoms with E-state index < -0.39 is 0 Å². The van der Waals surface area contributed by atoms with Gasteiger partial charge in [-0.3, -0.25) is 4.79 Å². The van der Waals surface area contributed by atoms with Crippen LogP contribution in [0.2, 0.25) is 5.02 Å². The first kappa shape index (κ1) is 20.0. The summed E-state index contributed by atoms with van der Waals surface area (Å²) < 4.78 is 6.36. The molecule has 0 unspecified atom stereocenters. The number of hydrogen-bond donors (Lipinski definition) is 0. The van der Waals surface area contributed by atoms with E-state index in [-0.39, 0.29) is 12.0 Å². The molecule has 2 aliphatic heterocycles. The number of carbonyl (C=O) groups excluding carboxylic acids is 1. The van der Waals surface area contributed by atoms with Crippen LogP contribution in [0.15, 0.2) is 18.2 Å². The number of benzene rings is 1. The van der Waals surface area contributed by atoms with E-state index in [0.717, 1.165) is 57.9 Å². The Balaban J connectivity index is 1.39. The Morgan fingerprint density at radius 3 is 2.29 bits per heavy atom. The minimum Gasteiger partial charge on any atom is -0.489 e. The van der Waals surface area contributed by atoms with Gasteiger partial charge in [0.15, 0.2) is 0 Å². The highest BCUT2D eigenvalue weighted by Gasteiger charge is 2.28. The van der Waals surface area contributed by atoms with Crippen molar-refractivity contribution in [1.82, 2.24) is 9.80 Å². The second-order valence-electron chi connectivity index (χ2n) is 8.64. The number of ether oxygens (including phenoxy) is 1. The van der Waals surface area contributed by atoms with E-state index in [9.17, 15) is 4.79 Å². The quantitative estimate of drug-likeness (QED) is 0.696. The summed E-state index contributed by atoms with van der Waals surface area (Å²) in [6.45, 7) is 3.90. The van der Waals surface area contributed by atoms with Crippen molar-refractivity contribution < 1.29 is 9.53 Å². The first-order chi connectivity index (χ1) is 13.7. The topological polar surface area (TPSA) is 32.8 Å². The Morgan fingerprint density at radius 2 is 1.57 bits per heavy atom. The van der Waals surface area contributed by atoms with Crippen molar-refractivity contribution in [2.75, 3.05) is 26.2 Å². The minimum absolute atomic E-state index is 0.0889. The zero-order chi connectivity index (χ0) is 19.3. The van der Waals surface area contributed by atoms with E-state index in [4.69, 9.17) is 16.3 Å². The standard InChI is InChI=1S/C23H33ClN2O2/c24-18-9-10-21(23(27)26-13-5-2-6-14-26)22(17-18)28-20-11-15-25(16-12-20)19-7-3-1-4-8-19/h9-10,17,19-20H,1-8,11-16H2. The summed E-state index contributed by atoms with van der Waals surface area (Å²) in [6.07, 6.45) is 12.5. The van der Waals surface area contributed by atoms with Crippen molar-refractivity contribution in [3.63, 3.8) is 0 Å². The van der Waals surface area contributed by atoms with Gasteiger partial charge in [0, 0.05) is 37.2 Å². The van der Waals surface area contributed by atoms with Crippen LogP contribution in [-0.2, 0) is 0 Å². The van der Waals surface area contributed by atoms with Gasteiger partial charge >= 0.3 is 0 Å². The van der Waals surface area contributed by atoms with E-state index >= 15 is 0 Å². The van der Waals surface area contributed by atoms with Crippen LogP contribution >= 0.6 is 11.6 Å². The number of amides is 1. The first-order valence-corrected chi connectivity index (χ1v) is 11.6. The van der Waals surface area contributed by atoms with Gasteiger partial charge in [-0.05, 0) is 63.1 Å². The van der Waals surface area contributed by atoms with Crippen LogP contribution in [-0.4, -0.2) is 54.0 Å². The zero-order valence-electron chi connectivity index (χ0n) is 16.9. The highest BCUT2D eigenvalue weighted by Crippen LogP contribution is 2.30. The maximum Gasteiger partial charge on any atom is 0.257 e. The van der Waals surface area contributed by atoms with Crippen molar-refractivity contribution in [2.24, 2.45) is 0 Å². The molecule has 3 fully saturated rings. The third-order valence-corrected chi connectivity index (χ3v) is 6.91. The molecule has 2 saturated heterocycles. The average Bonchev–Trinajstić information content (AvgIpc) is 2.75. The zero-order valence-corrected chi connectivity index (χ0v) is 17.6. The molecule has 0 spiro atoms. The van der Waals surface area contributed by atoms with Crippen LogP contribution in [0, 0.1) is 0 Å². The van der Waals surface area contributed by atoms with Gasteiger partial charge < -0.3 is 14.5 Å². The molecule has 0 atom stereocenters. The van der Waals surface area contributed by atoms with E-state index in [0.29, 0.717) is 16.3 Å². The summed E-state index contributed by atoms with van der Waals surface area (Å²) in [4.78, 5) is 17.7. The SMILES string of the molecule is O=C(c1ccc(Cl)cc1OC1CCN(C2CCCCC2)CC1)N1CCCCC1. The summed E-state index contributed by atoms with van der Waals surface area (Å²) >= 11 is 6.24. The van der Waals surface area contributed by atoms with Crippen LogP contribution in [0.5, 0.6) is 5.75 Å². The van der Waals surface area contributed by atoms with Crippen LogP contribution < -0.4 is 4.74 Å². The molecular weight excluding hydrogens is 372 g/mol. The van der Waals surface area contributed by atoms with E-state index in [1.807, 2.05) is 17.0 Å². The van der Waals surface area contributed by atoms with Crippen LogP contribution in [0.1, 0.15) is 74.6 Å². The highest BCUT2D eigenvalue weighted by molar-refractivity contribution is 6.30. The molecule has 4 nitrogen and oxygen atoms in total. The van der Waals surface area contributed by atoms with Crippen molar-refractivity contribution in [2.45, 2.75) is 76.4 Å². The summed E-state index contributed by atoms with van der Waals surface area (Å²) in [7, 11) is 0. The Hall–Kier alpha value is -1.26. The molecule has 1 aromatic rings. The molecule has 4 rings (SSSR count). The number of halogens is 1. The molecule has 1 saturated carbocycles. The lowest BCUT2D eigenvalue weighted by Crippen LogP contribution is -2.45. The van der Waals surface area contributed by atoms with Gasteiger partial charge in [-0.25, -0.2) is 0 Å². The average molecular weight is 405 g/mol. The maximum absolute atomic E-state index is 13.0. The summed E-state index contributed by atoms with van der Waals surface area (Å²) in [6, 6.07) is 6.24.